The molecule has 3 aromatic carbocycles. The van der Waals surface area contributed by atoms with E-state index in [1.54, 1.807) is 0 Å². The van der Waals surface area contributed by atoms with Crippen LogP contribution in [0, 0.1) is 0 Å². The summed E-state index contributed by atoms with van der Waals surface area (Å²) in [5.74, 6) is -0.315. The largest absolute Gasteiger partial charge is 0.459 e. The third-order valence-electron chi connectivity index (χ3n) is 4.89. The minimum absolute atomic E-state index is 0.169. The Hall–Kier alpha value is -3.44. The molecule has 5 heteroatoms. The number of carbonyl (C=O) groups is 1. The normalized spacial score (nSPS) is 11.1. The predicted octanol–water partition coefficient (Wildman–Crippen LogP) is 5.61. The molecule has 4 rings (SSSR count). The molecular formula is C25H22N2O2S. The Morgan fingerprint density at radius 2 is 1.33 bits per heavy atom. The molecule has 0 unspecified atom stereocenters. The maximum Gasteiger partial charge on any atom is 0.303 e. The van der Waals surface area contributed by atoms with E-state index in [2.05, 4.69) is 46.7 Å². The first-order valence-electron chi connectivity index (χ1n) is 9.71. The number of hydrogen-bond acceptors (Lipinski definition) is 5. The summed E-state index contributed by atoms with van der Waals surface area (Å²) in [5, 5.41) is 6.39. The van der Waals surface area contributed by atoms with E-state index >= 15 is 0 Å². The van der Waals surface area contributed by atoms with Gasteiger partial charge in [-0.2, -0.15) is 0 Å². The molecule has 0 amide bonds. The fraction of sp³-hybridized carbons (Fsp3) is 0.120. The number of nitrogens with zero attached hydrogens (tertiary/aromatic N) is 1. The zero-order valence-corrected chi connectivity index (χ0v) is 17.4. The third-order valence-corrected chi connectivity index (χ3v) is 5.70. The number of rotatable bonds is 7. The van der Waals surface area contributed by atoms with Crippen molar-refractivity contribution in [2.24, 2.45) is 0 Å². The van der Waals surface area contributed by atoms with Crippen LogP contribution in [0.4, 0.5) is 5.13 Å². The molecule has 1 aromatic heterocycles. The van der Waals surface area contributed by atoms with E-state index in [1.165, 1.54) is 18.3 Å². The van der Waals surface area contributed by atoms with Gasteiger partial charge in [-0.1, -0.05) is 91.0 Å². The first kappa shape index (κ1) is 19.9. The highest BCUT2D eigenvalue weighted by molar-refractivity contribution is 7.13. The van der Waals surface area contributed by atoms with E-state index in [0.29, 0.717) is 0 Å². The smallest absolute Gasteiger partial charge is 0.303 e. The average Bonchev–Trinajstić information content (AvgIpc) is 3.25. The van der Waals surface area contributed by atoms with Gasteiger partial charge in [0.25, 0.3) is 0 Å². The zero-order valence-electron chi connectivity index (χ0n) is 16.6. The lowest BCUT2D eigenvalue weighted by atomic mass is 9.77. The van der Waals surface area contributed by atoms with Gasteiger partial charge in [-0.3, -0.25) is 4.79 Å². The first-order chi connectivity index (χ1) is 14.7. The van der Waals surface area contributed by atoms with Crippen LogP contribution in [0.5, 0.6) is 0 Å². The zero-order chi connectivity index (χ0) is 20.8. The molecular weight excluding hydrogens is 392 g/mol. The molecule has 0 fully saturated rings. The summed E-state index contributed by atoms with van der Waals surface area (Å²) < 4.78 is 5.10. The van der Waals surface area contributed by atoms with Gasteiger partial charge in [0.2, 0.25) is 0 Å². The van der Waals surface area contributed by atoms with Crippen LogP contribution in [-0.4, -0.2) is 11.0 Å². The molecule has 0 radical (unpaired) electrons. The van der Waals surface area contributed by atoms with Crippen LogP contribution in [0.1, 0.15) is 29.3 Å². The second-order valence-electron chi connectivity index (χ2n) is 6.90. The molecule has 4 aromatic rings. The molecule has 0 saturated carbocycles. The SMILES string of the molecule is CC(=O)OCc1csc(NC(c2ccccc2)(c2ccccc2)c2ccccc2)n1. The molecule has 0 spiro atoms. The molecule has 30 heavy (non-hydrogen) atoms. The van der Waals surface area contributed by atoms with Gasteiger partial charge in [-0.05, 0) is 16.7 Å². The van der Waals surface area contributed by atoms with Crippen molar-refractivity contribution >= 4 is 22.4 Å². The fourth-order valence-electron chi connectivity index (χ4n) is 3.55. The molecule has 0 aliphatic rings. The number of thiazole rings is 1. The van der Waals surface area contributed by atoms with Crippen LogP contribution in [0.3, 0.4) is 0 Å². The number of ether oxygens (including phenoxy) is 1. The van der Waals surface area contributed by atoms with Gasteiger partial charge in [0.15, 0.2) is 5.13 Å². The molecule has 0 aliphatic heterocycles. The van der Waals surface area contributed by atoms with E-state index in [4.69, 9.17) is 4.74 Å². The Balaban J connectivity index is 1.84. The van der Waals surface area contributed by atoms with Crippen molar-refractivity contribution in [3.8, 4) is 0 Å². The van der Waals surface area contributed by atoms with Crippen molar-refractivity contribution in [1.29, 1.82) is 0 Å². The fourth-order valence-corrected chi connectivity index (χ4v) is 4.30. The van der Waals surface area contributed by atoms with Crippen molar-refractivity contribution in [2.75, 3.05) is 5.32 Å². The molecule has 150 valence electrons. The average molecular weight is 415 g/mol. The van der Waals surface area contributed by atoms with Crippen LogP contribution in [0.25, 0.3) is 0 Å². The molecule has 0 bridgehead atoms. The van der Waals surface area contributed by atoms with Crippen LogP contribution >= 0.6 is 11.3 Å². The number of esters is 1. The van der Waals surface area contributed by atoms with Crippen molar-refractivity contribution in [3.63, 3.8) is 0 Å². The number of hydrogen-bond donors (Lipinski definition) is 1. The van der Waals surface area contributed by atoms with Gasteiger partial charge in [0.1, 0.15) is 12.1 Å². The summed E-state index contributed by atoms with van der Waals surface area (Å²) in [6, 6.07) is 31.1. The first-order valence-corrected chi connectivity index (χ1v) is 10.6. The lowest BCUT2D eigenvalue weighted by molar-refractivity contribution is -0.142. The Kier molecular flexibility index (Phi) is 5.91. The van der Waals surface area contributed by atoms with E-state index in [-0.39, 0.29) is 12.6 Å². The minimum atomic E-state index is -0.625. The predicted molar refractivity (Wildman–Crippen MR) is 120 cm³/mol. The van der Waals surface area contributed by atoms with E-state index in [9.17, 15) is 4.79 Å². The number of anilines is 1. The summed E-state index contributed by atoms with van der Waals surface area (Å²) in [6.07, 6.45) is 0. The van der Waals surface area contributed by atoms with E-state index in [0.717, 1.165) is 27.5 Å². The molecule has 0 atom stereocenters. The van der Waals surface area contributed by atoms with Gasteiger partial charge in [0.05, 0.1) is 5.69 Å². The number of benzene rings is 3. The van der Waals surface area contributed by atoms with Gasteiger partial charge in [-0.25, -0.2) is 4.98 Å². The molecule has 1 heterocycles. The second kappa shape index (κ2) is 8.93. The van der Waals surface area contributed by atoms with Crippen molar-refractivity contribution < 1.29 is 9.53 Å². The summed E-state index contributed by atoms with van der Waals surface area (Å²) in [7, 11) is 0. The maximum atomic E-state index is 11.1. The van der Waals surface area contributed by atoms with Crippen LogP contribution in [-0.2, 0) is 21.7 Å². The lowest BCUT2D eigenvalue weighted by Gasteiger charge is -2.36. The third kappa shape index (κ3) is 4.11. The Morgan fingerprint density at radius 1 is 0.867 bits per heavy atom. The maximum absolute atomic E-state index is 11.1. The molecule has 0 aliphatic carbocycles. The quantitative estimate of drug-likeness (QED) is 0.315. The minimum Gasteiger partial charge on any atom is -0.459 e. The topological polar surface area (TPSA) is 51.2 Å². The van der Waals surface area contributed by atoms with Crippen molar-refractivity contribution in [3.05, 3.63) is 119 Å². The number of carbonyl (C=O) groups excluding carboxylic acids is 1. The molecule has 1 N–H and O–H groups in total. The monoisotopic (exact) mass is 414 g/mol. The lowest BCUT2D eigenvalue weighted by Crippen LogP contribution is -2.38. The van der Waals surface area contributed by atoms with Gasteiger partial charge in [-0.15, -0.1) is 11.3 Å². The summed E-state index contributed by atoms with van der Waals surface area (Å²) in [4.78, 5) is 15.8. The number of aromatic nitrogens is 1. The van der Waals surface area contributed by atoms with Crippen LogP contribution in [0.2, 0.25) is 0 Å². The van der Waals surface area contributed by atoms with Gasteiger partial charge < -0.3 is 10.1 Å². The Morgan fingerprint density at radius 3 is 1.77 bits per heavy atom. The molecule has 0 saturated heterocycles. The second-order valence-corrected chi connectivity index (χ2v) is 7.76. The highest BCUT2D eigenvalue weighted by atomic mass is 32.1. The van der Waals surface area contributed by atoms with Crippen molar-refractivity contribution in [1.82, 2.24) is 4.98 Å². The van der Waals surface area contributed by atoms with E-state index < -0.39 is 5.54 Å². The van der Waals surface area contributed by atoms with Crippen LogP contribution in [0.15, 0.2) is 96.4 Å². The van der Waals surface area contributed by atoms with Gasteiger partial charge in [0, 0.05) is 12.3 Å². The summed E-state index contributed by atoms with van der Waals surface area (Å²) in [6.45, 7) is 1.57. The highest BCUT2D eigenvalue weighted by Crippen LogP contribution is 2.40. The standard InChI is InChI=1S/C25H22N2O2S/c1-19(28)29-17-23-18-30-24(26-23)27-25(20-11-5-2-6-12-20,21-13-7-3-8-14-21)22-15-9-4-10-16-22/h2-16,18H,17H2,1H3,(H,26,27). The molecule has 4 nitrogen and oxygen atoms in total. The Bertz CT molecular complexity index is 999. The highest BCUT2D eigenvalue weighted by Gasteiger charge is 2.37. The summed E-state index contributed by atoms with van der Waals surface area (Å²) >= 11 is 1.50. The number of nitrogens with one attached hydrogen (secondary N) is 1. The summed E-state index contributed by atoms with van der Waals surface area (Å²) in [5.41, 5.74) is 3.43. The van der Waals surface area contributed by atoms with E-state index in [1.807, 2.05) is 60.0 Å². The van der Waals surface area contributed by atoms with Gasteiger partial charge >= 0.3 is 5.97 Å². The Labute approximate surface area is 180 Å². The van der Waals surface area contributed by atoms with Crippen molar-refractivity contribution in [2.45, 2.75) is 19.1 Å². The van der Waals surface area contributed by atoms with Crippen LogP contribution < -0.4 is 5.32 Å².